The first-order chi connectivity index (χ1) is 10.2. The molecule has 0 spiro atoms. The highest BCUT2D eigenvalue weighted by atomic mass is 35.5. The van der Waals surface area contributed by atoms with E-state index >= 15 is 0 Å². The van der Waals surface area contributed by atoms with Crippen LogP contribution in [-0.4, -0.2) is 18.2 Å². The van der Waals surface area contributed by atoms with Gasteiger partial charge in [-0.15, -0.1) is 12.4 Å². The number of hydrogen-bond acceptors (Lipinski definition) is 2. The summed E-state index contributed by atoms with van der Waals surface area (Å²) in [7, 11) is 0. The van der Waals surface area contributed by atoms with Gasteiger partial charge in [-0.1, -0.05) is 55.3 Å². The fraction of sp³-hybridized carbons (Fsp3) is 0.333. The number of anilines is 1. The number of halogens is 2. The van der Waals surface area contributed by atoms with E-state index in [0.717, 1.165) is 30.6 Å². The summed E-state index contributed by atoms with van der Waals surface area (Å²) in [5.74, 6) is 0. The molecule has 0 aliphatic rings. The molecule has 0 radical (unpaired) electrons. The van der Waals surface area contributed by atoms with E-state index in [1.54, 1.807) is 0 Å². The molecule has 0 bridgehead atoms. The molecule has 0 heterocycles. The van der Waals surface area contributed by atoms with Crippen molar-refractivity contribution < 1.29 is 5.11 Å². The lowest BCUT2D eigenvalue weighted by Crippen LogP contribution is -2.29. The Hall–Kier alpha value is -1.22. The third-order valence-electron chi connectivity index (χ3n) is 3.55. The van der Waals surface area contributed by atoms with Gasteiger partial charge in [-0.3, -0.25) is 0 Å². The summed E-state index contributed by atoms with van der Waals surface area (Å²) in [6.45, 7) is 3.72. The summed E-state index contributed by atoms with van der Waals surface area (Å²) in [6.07, 6.45) is 1.74. The lowest BCUT2D eigenvalue weighted by Gasteiger charge is -2.27. The second-order valence-electron chi connectivity index (χ2n) is 5.20. The van der Waals surface area contributed by atoms with Crippen molar-refractivity contribution in [3.8, 4) is 0 Å². The molecule has 0 aliphatic heterocycles. The minimum absolute atomic E-state index is 0. The monoisotopic (exact) mass is 339 g/mol. The quantitative estimate of drug-likeness (QED) is 0.758. The second kappa shape index (κ2) is 9.73. The molecule has 120 valence electrons. The van der Waals surface area contributed by atoms with Gasteiger partial charge in [0, 0.05) is 23.8 Å². The van der Waals surface area contributed by atoms with Gasteiger partial charge < -0.3 is 10.0 Å². The molecular formula is C18H23Cl2NO. The number of aliphatic hydroxyl groups excluding tert-OH is 1. The van der Waals surface area contributed by atoms with E-state index in [2.05, 4.69) is 24.0 Å². The van der Waals surface area contributed by atoms with Crippen molar-refractivity contribution in [2.45, 2.75) is 25.9 Å². The van der Waals surface area contributed by atoms with Crippen LogP contribution in [0.5, 0.6) is 0 Å². The van der Waals surface area contributed by atoms with Gasteiger partial charge >= 0.3 is 0 Å². The molecule has 4 heteroatoms. The average molecular weight is 340 g/mol. The fourth-order valence-corrected chi connectivity index (χ4v) is 2.44. The number of benzene rings is 2. The van der Waals surface area contributed by atoms with E-state index < -0.39 is 6.10 Å². The molecule has 1 N–H and O–H groups in total. The SMILES string of the molecule is CCCCN(CC(O)c1ccc(Cl)cc1)c1ccccc1.Cl. The Labute approximate surface area is 144 Å². The highest BCUT2D eigenvalue weighted by Crippen LogP contribution is 2.21. The van der Waals surface area contributed by atoms with Gasteiger partial charge in [-0.25, -0.2) is 0 Å². The first-order valence-electron chi connectivity index (χ1n) is 7.44. The first kappa shape index (κ1) is 18.8. The molecule has 2 aromatic rings. The predicted molar refractivity (Wildman–Crippen MR) is 97.2 cm³/mol. The zero-order chi connectivity index (χ0) is 15.1. The van der Waals surface area contributed by atoms with Crippen molar-refractivity contribution >= 4 is 29.7 Å². The van der Waals surface area contributed by atoms with E-state index in [4.69, 9.17) is 11.6 Å². The van der Waals surface area contributed by atoms with Crippen molar-refractivity contribution in [1.29, 1.82) is 0 Å². The lowest BCUT2D eigenvalue weighted by molar-refractivity contribution is 0.183. The van der Waals surface area contributed by atoms with Crippen molar-refractivity contribution in [2.75, 3.05) is 18.0 Å². The molecule has 0 fully saturated rings. The Bertz CT molecular complexity index is 531. The summed E-state index contributed by atoms with van der Waals surface area (Å²) < 4.78 is 0. The minimum Gasteiger partial charge on any atom is -0.387 e. The standard InChI is InChI=1S/C18H22ClNO.ClH/c1-2-3-13-20(17-7-5-4-6-8-17)14-18(21)15-9-11-16(19)12-10-15;/h4-12,18,21H,2-3,13-14H2,1H3;1H. The first-order valence-corrected chi connectivity index (χ1v) is 7.82. The lowest BCUT2D eigenvalue weighted by atomic mass is 10.1. The molecule has 22 heavy (non-hydrogen) atoms. The molecule has 1 unspecified atom stereocenters. The Morgan fingerprint density at radius 2 is 1.68 bits per heavy atom. The summed E-state index contributed by atoms with van der Waals surface area (Å²) in [4.78, 5) is 2.24. The van der Waals surface area contributed by atoms with Crippen LogP contribution >= 0.6 is 24.0 Å². The Balaban J connectivity index is 0.00000242. The Kier molecular flexibility index (Phi) is 8.32. The topological polar surface area (TPSA) is 23.5 Å². The smallest absolute Gasteiger partial charge is 0.0964 e. The highest BCUT2D eigenvalue weighted by Gasteiger charge is 2.13. The molecule has 2 rings (SSSR count). The van der Waals surface area contributed by atoms with E-state index in [0.29, 0.717) is 11.6 Å². The fourth-order valence-electron chi connectivity index (χ4n) is 2.31. The van der Waals surface area contributed by atoms with E-state index in [-0.39, 0.29) is 12.4 Å². The third-order valence-corrected chi connectivity index (χ3v) is 3.80. The minimum atomic E-state index is -0.515. The van der Waals surface area contributed by atoms with Crippen molar-refractivity contribution in [3.05, 3.63) is 65.2 Å². The molecule has 0 amide bonds. The van der Waals surface area contributed by atoms with Crippen LogP contribution in [0, 0.1) is 0 Å². The maximum atomic E-state index is 10.5. The van der Waals surface area contributed by atoms with Crippen LogP contribution in [0.4, 0.5) is 5.69 Å². The van der Waals surface area contributed by atoms with Crippen molar-refractivity contribution in [1.82, 2.24) is 0 Å². The van der Waals surface area contributed by atoms with Gasteiger partial charge in [-0.2, -0.15) is 0 Å². The number of rotatable bonds is 7. The number of nitrogens with zero attached hydrogens (tertiary/aromatic N) is 1. The number of para-hydroxylation sites is 1. The maximum absolute atomic E-state index is 10.5. The van der Waals surface area contributed by atoms with Crippen molar-refractivity contribution in [2.24, 2.45) is 0 Å². The molecule has 0 saturated carbocycles. The summed E-state index contributed by atoms with van der Waals surface area (Å²) in [5.41, 5.74) is 2.05. The molecule has 2 nitrogen and oxygen atoms in total. The molecule has 0 aliphatic carbocycles. The van der Waals surface area contributed by atoms with Crippen LogP contribution in [-0.2, 0) is 0 Å². The summed E-state index contributed by atoms with van der Waals surface area (Å²) >= 11 is 5.89. The Morgan fingerprint density at radius 3 is 2.27 bits per heavy atom. The highest BCUT2D eigenvalue weighted by molar-refractivity contribution is 6.30. The van der Waals surface area contributed by atoms with Gasteiger partial charge in [0.2, 0.25) is 0 Å². The zero-order valence-corrected chi connectivity index (χ0v) is 14.4. The zero-order valence-electron chi connectivity index (χ0n) is 12.8. The molecule has 1 atom stereocenters. The van der Waals surface area contributed by atoms with E-state index in [1.165, 1.54) is 0 Å². The Morgan fingerprint density at radius 1 is 1.05 bits per heavy atom. The van der Waals surface area contributed by atoms with Crippen LogP contribution in [0.2, 0.25) is 5.02 Å². The van der Waals surface area contributed by atoms with Crippen LogP contribution in [0.15, 0.2) is 54.6 Å². The molecular weight excluding hydrogens is 317 g/mol. The van der Waals surface area contributed by atoms with Crippen molar-refractivity contribution in [3.63, 3.8) is 0 Å². The summed E-state index contributed by atoms with van der Waals surface area (Å²) in [6, 6.07) is 17.7. The van der Waals surface area contributed by atoms with Crippen LogP contribution in [0.25, 0.3) is 0 Å². The molecule has 0 aromatic heterocycles. The van der Waals surface area contributed by atoms with Gasteiger partial charge in [0.25, 0.3) is 0 Å². The third kappa shape index (κ3) is 5.53. The van der Waals surface area contributed by atoms with Crippen LogP contribution in [0.3, 0.4) is 0 Å². The van der Waals surface area contributed by atoms with Gasteiger partial charge in [0.15, 0.2) is 0 Å². The molecule has 0 saturated heterocycles. The van der Waals surface area contributed by atoms with E-state index in [9.17, 15) is 5.11 Å². The van der Waals surface area contributed by atoms with Gasteiger partial charge in [-0.05, 0) is 36.2 Å². The number of aliphatic hydroxyl groups is 1. The maximum Gasteiger partial charge on any atom is 0.0964 e. The normalized spacial score (nSPS) is 11.6. The summed E-state index contributed by atoms with van der Waals surface area (Å²) in [5, 5.41) is 11.1. The van der Waals surface area contributed by atoms with Crippen LogP contribution < -0.4 is 4.90 Å². The largest absolute Gasteiger partial charge is 0.387 e. The van der Waals surface area contributed by atoms with Gasteiger partial charge in [0.1, 0.15) is 0 Å². The number of unbranched alkanes of at least 4 members (excludes halogenated alkanes) is 1. The van der Waals surface area contributed by atoms with Crippen LogP contribution in [0.1, 0.15) is 31.4 Å². The molecule has 2 aromatic carbocycles. The second-order valence-corrected chi connectivity index (χ2v) is 5.64. The van der Waals surface area contributed by atoms with E-state index in [1.807, 2.05) is 42.5 Å². The average Bonchev–Trinajstić information content (AvgIpc) is 2.52. The predicted octanol–water partition coefficient (Wildman–Crippen LogP) is 5.10. The van der Waals surface area contributed by atoms with Gasteiger partial charge in [0.05, 0.1) is 6.10 Å². The number of hydrogen-bond donors (Lipinski definition) is 1.